The SMILES string of the molecule is CCOC(=O)N1CCC(NC(=O)c2cc(C)c(N3C[C@@H](Cc4ccccc4F)C[C@@H](C)C3=O)c(C)c2)CC1. The van der Waals surface area contributed by atoms with Gasteiger partial charge in [0.25, 0.3) is 5.91 Å². The molecular formula is C30H38FN3O4. The van der Waals surface area contributed by atoms with Crippen LogP contribution < -0.4 is 10.2 Å². The highest BCUT2D eigenvalue weighted by Crippen LogP contribution is 2.34. The molecule has 0 saturated carbocycles. The number of amides is 3. The molecule has 2 saturated heterocycles. The van der Waals surface area contributed by atoms with E-state index in [1.807, 2.05) is 49.9 Å². The predicted octanol–water partition coefficient (Wildman–Crippen LogP) is 5.02. The molecule has 2 aromatic carbocycles. The molecule has 8 heteroatoms. The van der Waals surface area contributed by atoms with Crippen molar-refractivity contribution in [1.82, 2.24) is 10.2 Å². The van der Waals surface area contributed by atoms with Crippen molar-refractivity contribution in [3.63, 3.8) is 0 Å². The Morgan fingerprint density at radius 1 is 1.11 bits per heavy atom. The number of likely N-dealkylation sites (tertiary alicyclic amines) is 1. The zero-order valence-corrected chi connectivity index (χ0v) is 22.8. The quantitative estimate of drug-likeness (QED) is 0.576. The summed E-state index contributed by atoms with van der Waals surface area (Å²) in [4.78, 5) is 41.8. The zero-order chi connectivity index (χ0) is 27.4. The second-order valence-electron chi connectivity index (χ2n) is 10.6. The van der Waals surface area contributed by atoms with E-state index < -0.39 is 0 Å². The van der Waals surface area contributed by atoms with Crippen LogP contribution >= 0.6 is 0 Å². The highest BCUT2D eigenvalue weighted by atomic mass is 19.1. The van der Waals surface area contributed by atoms with E-state index in [1.54, 1.807) is 17.9 Å². The Labute approximate surface area is 224 Å². The monoisotopic (exact) mass is 523 g/mol. The van der Waals surface area contributed by atoms with Gasteiger partial charge in [-0.1, -0.05) is 25.1 Å². The third-order valence-corrected chi connectivity index (χ3v) is 7.66. The fourth-order valence-electron chi connectivity index (χ4n) is 5.82. The minimum absolute atomic E-state index is 0.0165. The van der Waals surface area contributed by atoms with E-state index in [-0.39, 0.29) is 41.6 Å². The van der Waals surface area contributed by atoms with Crippen molar-refractivity contribution >= 4 is 23.6 Å². The van der Waals surface area contributed by atoms with E-state index in [4.69, 9.17) is 4.74 Å². The van der Waals surface area contributed by atoms with Crippen molar-refractivity contribution in [3.05, 3.63) is 64.5 Å². The summed E-state index contributed by atoms with van der Waals surface area (Å²) < 4.78 is 19.4. The first-order valence-corrected chi connectivity index (χ1v) is 13.6. The molecule has 0 aliphatic carbocycles. The first-order valence-electron chi connectivity index (χ1n) is 13.6. The summed E-state index contributed by atoms with van der Waals surface area (Å²) in [5, 5.41) is 3.10. The number of piperidine rings is 2. The molecule has 2 atom stereocenters. The average Bonchev–Trinajstić information content (AvgIpc) is 2.88. The molecule has 2 aliphatic rings. The van der Waals surface area contributed by atoms with Gasteiger partial charge in [0.1, 0.15) is 5.82 Å². The van der Waals surface area contributed by atoms with Crippen molar-refractivity contribution in [1.29, 1.82) is 0 Å². The Kier molecular flexibility index (Phi) is 8.69. The van der Waals surface area contributed by atoms with Gasteiger partial charge in [0.05, 0.1) is 6.61 Å². The van der Waals surface area contributed by atoms with Crippen LogP contribution in [0.5, 0.6) is 0 Å². The van der Waals surface area contributed by atoms with Gasteiger partial charge < -0.3 is 19.9 Å². The molecule has 7 nitrogen and oxygen atoms in total. The van der Waals surface area contributed by atoms with Crippen molar-refractivity contribution in [3.8, 4) is 0 Å². The number of benzene rings is 2. The fourth-order valence-corrected chi connectivity index (χ4v) is 5.82. The van der Waals surface area contributed by atoms with Crippen LogP contribution in [0.15, 0.2) is 36.4 Å². The Bertz CT molecular complexity index is 1170. The molecule has 0 spiro atoms. The highest BCUT2D eigenvalue weighted by Gasteiger charge is 2.34. The Morgan fingerprint density at radius 3 is 2.39 bits per heavy atom. The standard InChI is InChI=1S/C30H38FN3O4/c1-5-38-30(37)33-12-10-25(11-13-33)32-28(35)24-15-19(2)27(20(3)16-24)34-18-22(14-21(4)29(34)36)17-23-8-6-7-9-26(23)31/h6-9,15-16,21-22,25H,5,10-14,17-18H2,1-4H3,(H,32,35)/t21-,22-/m1/s1. The maximum Gasteiger partial charge on any atom is 0.409 e. The maximum absolute atomic E-state index is 14.3. The van der Waals surface area contributed by atoms with Crippen LogP contribution in [0, 0.1) is 31.5 Å². The lowest BCUT2D eigenvalue weighted by molar-refractivity contribution is -0.124. The number of carbonyl (C=O) groups is 3. The van der Waals surface area contributed by atoms with Gasteiger partial charge in [-0.05, 0) is 87.3 Å². The molecule has 0 aromatic heterocycles. The summed E-state index contributed by atoms with van der Waals surface area (Å²) in [5.74, 6) is -0.331. The maximum atomic E-state index is 14.3. The first-order chi connectivity index (χ1) is 18.2. The molecule has 2 heterocycles. The van der Waals surface area contributed by atoms with Gasteiger partial charge in [0, 0.05) is 42.8 Å². The minimum atomic E-state index is -0.308. The number of aryl methyl sites for hydroxylation is 2. The number of carbonyl (C=O) groups excluding carboxylic acids is 3. The van der Waals surface area contributed by atoms with Gasteiger partial charge in [-0.3, -0.25) is 9.59 Å². The van der Waals surface area contributed by atoms with Crippen molar-refractivity contribution in [2.45, 2.75) is 59.4 Å². The summed E-state index contributed by atoms with van der Waals surface area (Å²) in [5.41, 5.74) is 3.78. The number of anilines is 1. The molecule has 2 aliphatic heterocycles. The van der Waals surface area contributed by atoms with E-state index in [9.17, 15) is 18.8 Å². The summed E-state index contributed by atoms with van der Waals surface area (Å²) in [6.45, 7) is 9.52. The number of rotatable bonds is 6. The van der Waals surface area contributed by atoms with E-state index in [0.29, 0.717) is 56.6 Å². The van der Waals surface area contributed by atoms with Crippen molar-refractivity contribution in [2.75, 3.05) is 31.1 Å². The topological polar surface area (TPSA) is 79.0 Å². The van der Waals surface area contributed by atoms with Crippen LogP contribution in [0.1, 0.15) is 60.2 Å². The minimum Gasteiger partial charge on any atom is -0.450 e. The molecule has 0 radical (unpaired) electrons. The van der Waals surface area contributed by atoms with Crippen LogP contribution in [0.3, 0.4) is 0 Å². The average molecular weight is 524 g/mol. The number of nitrogens with one attached hydrogen (secondary N) is 1. The molecular weight excluding hydrogens is 485 g/mol. The van der Waals surface area contributed by atoms with Gasteiger partial charge in [-0.25, -0.2) is 9.18 Å². The number of nitrogens with zero attached hydrogens (tertiary/aromatic N) is 2. The summed E-state index contributed by atoms with van der Waals surface area (Å²) in [6, 6.07) is 10.5. The molecule has 1 N–H and O–H groups in total. The molecule has 3 amide bonds. The van der Waals surface area contributed by atoms with E-state index in [2.05, 4.69) is 5.32 Å². The van der Waals surface area contributed by atoms with Crippen molar-refractivity contribution < 1.29 is 23.5 Å². The van der Waals surface area contributed by atoms with Crippen LogP contribution in [0.2, 0.25) is 0 Å². The van der Waals surface area contributed by atoms with Gasteiger partial charge >= 0.3 is 6.09 Å². The molecule has 38 heavy (non-hydrogen) atoms. The first kappa shape index (κ1) is 27.6. The third kappa shape index (κ3) is 6.17. The van der Waals surface area contributed by atoms with E-state index >= 15 is 0 Å². The number of hydrogen-bond acceptors (Lipinski definition) is 4. The van der Waals surface area contributed by atoms with Gasteiger partial charge in [0.2, 0.25) is 5.91 Å². The number of halogens is 1. The van der Waals surface area contributed by atoms with E-state index in [0.717, 1.165) is 23.2 Å². The molecule has 2 aromatic rings. The number of ether oxygens (including phenoxy) is 1. The highest BCUT2D eigenvalue weighted by molar-refractivity contribution is 5.99. The van der Waals surface area contributed by atoms with Crippen LogP contribution in [0.4, 0.5) is 14.9 Å². The van der Waals surface area contributed by atoms with Crippen LogP contribution in [-0.2, 0) is 16.0 Å². The third-order valence-electron chi connectivity index (χ3n) is 7.66. The molecule has 4 rings (SSSR count). The van der Waals surface area contributed by atoms with Gasteiger partial charge in [-0.15, -0.1) is 0 Å². The zero-order valence-electron chi connectivity index (χ0n) is 22.8. The number of hydrogen-bond donors (Lipinski definition) is 1. The predicted molar refractivity (Wildman–Crippen MR) is 145 cm³/mol. The summed E-state index contributed by atoms with van der Waals surface area (Å²) in [7, 11) is 0. The second-order valence-corrected chi connectivity index (χ2v) is 10.6. The molecule has 0 bridgehead atoms. The van der Waals surface area contributed by atoms with E-state index in [1.165, 1.54) is 6.07 Å². The summed E-state index contributed by atoms with van der Waals surface area (Å²) in [6.07, 6.45) is 2.33. The second kappa shape index (κ2) is 12.0. The van der Waals surface area contributed by atoms with Crippen LogP contribution in [-0.4, -0.2) is 55.1 Å². The lowest BCUT2D eigenvalue weighted by Gasteiger charge is -2.38. The molecule has 204 valence electrons. The molecule has 2 fully saturated rings. The Balaban J connectivity index is 1.44. The lowest BCUT2D eigenvalue weighted by Crippen LogP contribution is -2.47. The Morgan fingerprint density at radius 2 is 1.76 bits per heavy atom. The lowest BCUT2D eigenvalue weighted by atomic mass is 9.84. The van der Waals surface area contributed by atoms with Crippen LogP contribution in [0.25, 0.3) is 0 Å². The Hall–Kier alpha value is -3.42. The summed E-state index contributed by atoms with van der Waals surface area (Å²) >= 11 is 0. The molecule has 0 unspecified atom stereocenters. The largest absolute Gasteiger partial charge is 0.450 e. The fraction of sp³-hybridized carbons (Fsp3) is 0.500. The smallest absolute Gasteiger partial charge is 0.409 e. The van der Waals surface area contributed by atoms with Crippen molar-refractivity contribution in [2.24, 2.45) is 11.8 Å². The normalized spacial score (nSPS) is 20.4. The van der Waals surface area contributed by atoms with Gasteiger partial charge in [-0.2, -0.15) is 0 Å². The van der Waals surface area contributed by atoms with Gasteiger partial charge in [0.15, 0.2) is 0 Å².